The van der Waals surface area contributed by atoms with E-state index < -0.39 is 0 Å². The molecule has 1 N–H and O–H groups in total. The van der Waals surface area contributed by atoms with Crippen LogP contribution in [0.2, 0.25) is 5.02 Å². The van der Waals surface area contributed by atoms with Gasteiger partial charge in [-0.1, -0.05) is 37.6 Å². The molecule has 3 aromatic rings. The van der Waals surface area contributed by atoms with Gasteiger partial charge >= 0.3 is 0 Å². The van der Waals surface area contributed by atoms with Crippen LogP contribution in [0.4, 0.5) is 0 Å². The zero-order valence-electron chi connectivity index (χ0n) is 15.6. The molecule has 1 heterocycles. The van der Waals surface area contributed by atoms with Crippen molar-refractivity contribution in [2.24, 2.45) is 0 Å². The van der Waals surface area contributed by atoms with Crippen molar-refractivity contribution in [3.8, 4) is 11.4 Å². The second-order valence-corrected chi connectivity index (χ2v) is 6.96. The Morgan fingerprint density at radius 3 is 2.63 bits per heavy atom. The van der Waals surface area contributed by atoms with Crippen LogP contribution in [0.5, 0.6) is 5.75 Å². The fourth-order valence-corrected chi connectivity index (χ4v) is 3.06. The highest BCUT2D eigenvalue weighted by molar-refractivity contribution is 6.30. The topological polar surface area (TPSA) is 56.1 Å². The number of benzene rings is 2. The summed E-state index contributed by atoms with van der Waals surface area (Å²) in [5.74, 6) is 0.739. The molecule has 0 unspecified atom stereocenters. The zero-order valence-corrected chi connectivity index (χ0v) is 16.3. The van der Waals surface area contributed by atoms with E-state index in [1.807, 2.05) is 62.4 Å². The number of ether oxygens (including phenoxy) is 1. The Labute approximate surface area is 163 Å². The summed E-state index contributed by atoms with van der Waals surface area (Å²) < 4.78 is 7.02. The van der Waals surface area contributed by atoms with E-state index in [0.29, 0.717) is 17.1 Å². The highest BCUT2D eigenvalue weighted by Gasteiger charge is 2.20. The van der Waals surface area contributed by atoms with Gasteiger partial charge in [-0.2, -0.15) is 5.10 Å². The highest BCUT2D eigenvalue weighted by Crippen LogP contribution is 2.24. The summed E-state index contributed by atoms with van der Waals surface area (Å²) in [4.78, 5) is 12.8. The van der Waals surface area contributed by atoms with E-state index in [0.717, 1.165) is 22.7 Å². The molecule has 5 nitrogen and oxygen atoms in total. The van der Waals surface area contributed by atoms with Gasteiger partial charge in [-0.3, -0.25) is 4.79 Å². The van der Waals surface area contributed by atoms with Crippen molar-refractivity contribution in [3.63, 3.8) is 0 Å². The molecular formula is C21H22ClN3O2. The molecule has 0 aliphatic heterocycles. The van der Waals surface area contributed by atoms with E-state index in [-0.39, 0.29) is 11.8 Å². The SMILES string of the molecule is COc1cccc(CNC(=O)c2cnn(-c3ccc(Cl)cc3)c2C(C)C)c1. The van der Waals surface area contributed by atoms with Gasteiger partial charge in [0, 0.05) is 11.6 Å². The Morgan fingerprint density at radius 2 is 1.96 bits per heavy atom. The largest absolute Gasteiger partial charge is 0.497 e. The summed E-state index contributed by atoms with van der Waals surface area (Å²) in [6.07, 6.45) is 1.62. The number of carbonyl (C=O) groups is 1. The first-order chi connectivity index (χ1) is 13.0. The first-order valence-electron chi connectivity index (χ1n) is 8.74. The lowest BCUT2D eigenvalue weighted by molar-refractivity contribution is 0.0949. The molecule has 0 saturated heterocycles. The Bertz CT molecular complexity index is 933. The van der Waals surface area contributed by atoms with E-state index in [1.165, 1.54) is 0 Å². The third-order valence-electron chi connectivity index (χ3n) is 4.26. The maximum atomic E-state index is 12.8. The molecule has 6 heteroatoms. The van der Waals surface area contributed by atoms with Crippen LogP contribution in [0.25, 0.3) is 5.69 Å². The van der Waals surface area contributed by atoms with Gasteiger partial charge in [0.05, 0.1) is 30.3 Å². The normalized spacial score (nSPS) is 10.9. The third-order valence-corrected chi connectivity index (χ3v) is 4.51. The lowest BCUT2D eigenvalue weighted by Gasteiger charge is -2.13. The van der Waals surface area contributed by atoms with E-state index in [2.05, 4.69) is 10.4 Å². The number of hydrogen-bond donors (Lipinski definition) is 1. The van der Waals surface area contributed by atoms with E-state index in [4.69, 9.17) is 16.3 Å². The minimum atomic E-state index is -0.151. The smallest absolute Gasteiger partial charge is 0.255 e. The molecule has 0 radical (unpaired) electrons. The number of methoxy groups -OCH3 is 1. The van der Waals surface area contributed by atoms with Crippen molar-refractivity contribution in [1.29, 1.82) is 0 Å². The predicted octanol–water partition coefficient (Wildman–Crippen LogP) is 4.59. The van der Waals surface area contributed by atoms with Crippen molar-refractivity contribution < 1.29 is 9.53 Å². The Balaban J connectivity index is 1.83. The van der Waals surface area contributed by atoms with Crippen LogP contribution >= 0.6 is 11.6 Å². The standard InChI is InChI=1S/C21H22ClN3O2/c1-14(2)20-19(13-24-25(20)17-9-7-16(22)8-10-17)21(26)23-12-15-5-4-6-18(11-15)27-3/h4-11,13-14H,12H2,1-3H3,(H,23,26). The number of halogens is 1. The number of rotatable bonds is 6. The van der Waals surface area contributed by atoms with Crippen molar-refractivity contribution in [2.75, 3.05) is 7.11 Å². The van der Waals surface area contributed by atoms with Crippen LogP contribution in [0.15, 0.2) is 54.7 Å². The van der Waals surface area contributed by atoms with Crippen molar-refractivity contribution in [2.45, 2.75) is 26.3 Å². The lowest BCUT2D eigenvalue weighted by atomic mass is 10.0. The first kappa shape index (κ1) is 19.0. The molecule has 0 spiro atoms. The molecule has 27 heavy (non-hydrogen) atoms. The second-order valence-electron chi connectivity index (χ2n) is 6.52. The van der Waals surface area contributed by atoms with Gasteiger partial charge in [-0.15, -0.1) is 0 Å². The fourth-order valence-electron chi connectivity index (χ4n) is 2.94. The fraction of sp³-hybridized carbons (Fsp3) is 0.238. The summed E-state index contributed by atoms with van der Waals surface area (Å²) in [7, 11) is 1.62. The average molecular weight is 384 g/mol. The summed E-state index contributed by atoms with van der Waals surface area (Å²) in [6, 6.07) is 15.0. The Hall–Kier alpha value is -2.79. The lowest BCUT2D eigenvalue weighted by Crippen LogP contribution is -2.24. The Morgan fingerprint density at radius 1 is 1.22 bits per heavy atom. The van der Waals surface area contributed by atoms with E-state index >= 15 is 0 Å². The van der Waals surface area contributed by atoms with Gasteiger partial charge in [0.15, 0.2) is 0 Å². The van der Waals surface area contributed by atoms with Gasteiger partial charge < -0.3 is 10.1 Å². The first-order valence-corrected chi connectivity index (χ1v) is 9.12. The maximum absolute atomic E-state index is 12.8. The highest BCUT2D eigenvalue weighted by atomic mass is 35.5. The third kappa shape index (κ3) is 4.31. The molecule has 0 aliphatic carbocycles. The number of hydrogen-bond acceptors (Lipinski definition) is 3. The quantitative estimate of drug-likeness (QED) is 0.677. The van der Waals surface area contributed by atoms with Gasteiger partial charge in [0.2, 0.25) is 0 Å². The maximum Gasteiger partial charge on any atom is 0.255 e. The number of carbonyl (C=O) groups excluding carboxylic acids is 1. The number of nitrogens with one attached hydrogen (secondary N) is 1. The van der Waals surface area contributed by atoms with Gasteiger partial charge in [0.25, 0.3) is 5.91 Å². The summed E-state index contributed by atoms with van der Waals surface area (Å²) in [6.45, 7) is 4.50. The van der Waals surface area contributed by atoms with Crippen LogP contribution in [0.3, 0.4) is 0 Å². The monoisotopic (exact) mass is 383 g/mol. The molecule has 1 amide bonds. The van der Waals surface area contributed by atoms with Crippen LogP contribution in [0, 0.1) is 0 Å². The zero-order chi connectivity index (χ0) is 19.4. The van der Waals surface area contributed by atoms with Crippen molar-refractivity contribution >= 4 is 17.5 Å². The average Bonchev–Trinajstić information content (AvgIpc) is 3.12. The molecule has 0 fully saturated rings. The molecule has 0 aliphatic rings. The van der Waals surface area contributed by atoms with Crippen LogP contribution in [-0.2, 0) is 6.54 Å². The van der Waals surface area contributed by atoms with Gasteiger partial charge in [0.1, 0.15) is 5.75 Å². The molecule has 0 saturated carbocycles. The van der Waals surface area contributed by atoms with Crippen LogP contribution in [-0.4, -0.2) is 22.8 Å². The second kappa shape index (κ2) is 8.27. The van der Waals surface area contributed by atoms with Gasteiger partial charge in [-0.05, 0) is 47.9 Å². The minimum Gasteiger partial charge on any atom is -0.497 e. The summed E-state index contributed by atoms with van der Waals surface area (Å²) >= 11 is 5.98. The number of aromatic nitrogens is 2. The Kier molecular flexibility index (Phi) is 5.81. The summed E-state index contributed by atoms with van der Waals surface area (Å²) in [5, 5.41) is 8.06. The molecule has 3 rings (SSSR count). The number of nitrogens with zero attached hydrogens (tertiary/aromatic N) is 2. The van der Waals surface area contributed by atoms with Gasteiger partial charge in [-0.25, -0.2) is 4.68 Å². The molecule has 1 aromatic heterocycles. The molecule has 0 bridgehead atoms. The molecule has 140 valence electrons. The molecular weight excluding hydrogens is 362 g/mol. The van der Waals surface area contributed by atoms with Crippen LogP contribution in [0.1, 0.15) is 41.4 Å². The molecule has 2 aromatic carbocycles. The van der Waals surface area contributed by atoms with Crippen molar-refractivity contribution in [1.82, 2.24) is 15.1 Å². The minimum absolute atomic E-state index is 0.126. The molecule has 0 atom stereocenters. The summed E-state index contributed by atoms with van der Waals surface area (Å²) in [5.41, 5.74) is 3.28. The van der Waals surface area contributed by atoms with E-state index in [1.54, 1.807) is 18.0 Å². The van der Waals surface area contributed by atoms with Crippen molar-refractivity contribution in [3.05, 3.63) is 76.6 Å². The van der Waals surface area contributed by atoms with Crippen LogP contribution < -0.4 is 10.1 Å². The number of amides is 1. The predicted molar refractivity (Wildman–Crippen MR) is 107 cm³/mol. The van der Waals surface area contributed by atoms with E-state index in [9.17, 15) is 4.79 Å².